The van der Waals surface area contributed by atoms with E-state index in [1.807, 2.05) is 0 Å². The van der Waals surface area contributed by atoms with Crippen molar-refractivity contribution < 1.29 is 27.8 Å². The minimum atomic E-state index is -3.65. The molecule has 4 nitrogen and oxygen atoms in total. The Morgan fingerprint density at radius 2 is 1.84 bits per heavy atom. The highest BCUT2D eigenvalue weighted by Gasteiger charge is 2.49. The van der Waals surface area contributed by atoms with E-state index < -0.39 is 29.5 Å². The molecule has 0 aromatic heterocycles. The van der Waals surface area contributed by atoms with Crippen molar-refractivity contribution in [3.8, 4) is 0 Å². The van der Waals surface area contributed by atoms with E-state index in [0.717, 1.165) is 19.1 Å². The molecule has 0 saturated carbocycles. The second kappa shape index (κ2) is 6.26. The van der Waals surface area contributed by atoms with E-state index in [-0.39, 0.29) is 6.61 Å². The van der Waals surface area contributed by atoms with Crippen molar-refractivity contribution in [3.63, 3.8) is 0 Å². The predicted molar refractivity (Wildman–Crippen MR) is 62.5 cm³/mol. The molecule has 0 fully saturated rings. The number of esters is 2. The van der Waals surface area contributed by atoms with Crippen LogP contribution in [-0.2, 0) is 25.0 Å². The molecule has 19 heavy (non-hydrogen) atoms. The van der Waals surface area contributed by atoms with E-state index in [0.29, 0.717) is 0 Å². The lowest BCUT2D eigenvalue weighted by Crippen LogP contribution is -2.42. The normalized spacial score (nSPS) is 12.6. The lowest BCUT2D eigenvalue weighted by atomic mass is 10.0. The molecule has 0 aliphatic rings. The van der Waals surface area contributed by atoms with Gasteiger partial charge in [-0.05, 0) is 6.92 Å². The van der Waals surface area contributed by atoms with Crippen LogP contribution in [0, 0.1) is 0 Å². The summed E-state index contributed by atoms with van der Waals surface area (Å²) >= 11 is 0. The van der Waals surface area contributed by atoms with Crippen LogP contribution in [0.5, 0.6) is 0 Å². The van der Waals surface area contributed by atoms with Crippen molar-refractivity contribution in [2.24, 2.45) is 0 Å². The van der Waals surface area contributed by atoms with Gasteiger partial charge in [0.05, 0.1) is 6.61 Å². The molecular formula is C13H14F2O4. The number of carbonyl (C=O) groups excluding carboxylic acids is 2. The molecule has 0 N–H and O–H groups in total. The first kappa shape index (κ1) is 15.1. The van der Waals surface area contributed by atoms with Crippen LogP contribution in [0.15, 0.2) is 30.3 Å². The standard InChI is InChI=1S/C13H14F2O4/c1-3-18-12(17)11(19-9(2)16)13(14,15)10-7-5-4-6-8-10/h4-8,11H,3H2,1-2H3/t11-/m0/s1. The van der Waals surface area contributed by atoms with Gasteiger partial charge in [-0.2, -0.15) is 8.78 Å². The number of halogens is 2. The van der Waals surface area contributed by atoms with Crippen molar-refractivity contribution >= 4 is 11.9 Å². The SMILES string of the molecule is CCOC(=O)[C@H](OC(C)=O)C(F)(F)c1ccccc1. The Labute approximate surface area is 109 Å². The second-order valence-electron chi connectivity index (χ2n) is 3.73. The number of hydrogen-bond donors (Lipinski definition) is 0. The van der Waals surface area contributed by atoms with Gasteiger partial charge in [-0.15, -0.1) is 0 Å². The minimum Gasteiger partial charge on any atom is -0.463 e. The summed E-state index contributed by atoms with van der Waals surface area (Å²) in [6.07, 6.45) is -2.28. The Morgan fingerprint density at radius 1 is 1.26 bits per heavy atom. The van der Waals surface area contributed by atoms with Crippen molar-refractivity contribution in [1.82, 2.24) is 0 Å². The van der Waals surface area contributed by atoms with Gasteiger partial charge >= 0.3 is 17.9 Å². The minimum absolute atomic E-state index is 0.0819. The molecule has 0 heterocycles. The maximum absolute atomic E-state index is 14.2. The van der Waals surface area contributed by atoms with Crippen LogP contribution in [-0.4, -0.2) is 24.6 Å². The fraction of sp³-hybridized carbons (Fsp3) is 0.385. The van der Waals surface area contributed by atoms with Gasteiger partial charge in [-0.1, -0.05) is 30.3 Å². The second-order valence-corrected chi connectivity index (χ2v) is 3.73. The van der Waals surface area contributed by atoms with Crippen molar-refractivity contribution in [3.05, 3.63) is 35.9 Å². The Balaban J connectivity index is 3.08. The molecule has 1 aromatic rings. The van der Waals surface area contributed by atoms with Gasteiger partial charge in [0.2, 0.25) is 0 Å². The lowest BCUT2D eigenvalue weighted by molar-refractivity contribution is -0.195. The zero-order valence-corrected chi connectivity index (χ0v) is 10.6. The van der Waals surface area contributed by atoms with Gasteiger partial charge in [-0.25, -0.2) is 4.79 Å². The molecule has 0 saturated heterocycles. The quantitative estimate of drug-likeness (QED) is 0.772. The molecule has 0 radical (unpaired) electrons. The highest BCUT2D eigenvalue weighted by Crippen LogP contribution is 2.34. The van der Waals surface area contributed by atoms with Crippen LogP contribution in [0.4, 0.5) is 8.78 Å². The maximum Gasteiger partial charge on any atom is 0.354 e. The van der Waals surface area contributed by atoms with E-state index in [1.165, 1.54) is 19.1 Å². The van der Waals surface area contributed by atoms with Gasteiger partial charge in [0, 0.05) is 12.5 Å². The van der Waals surface area contributed by atoms with E-state index in [2.05, 4.69) is 9.47 Å². The molecule has 0 amide bonds. The molecule has 1 aromatic carbocycles. The zero-order valence-electron chi connectivity index (χ0n) is 10.6. The average Bonchev–Trinajstić information content (AvgIpc) is 2.37. The number of alkyl halides is 2. The van der Waals surface area contributed by atoms with Crippen LogP contribution in [0.2, 0.25) is 0 Å². The van der Waals surface area contributed by atoms with Crippen LogP contribution in [0.25, 0.3) is 0 Å². The summed E-state index contributed by atoms with van der Waals surface area (Å²) < 4.78 is 37.3. The van der Waals surface area contributed by atoms with Gasteiger partial charge < -0.3 is 9.47 Å². The molecule has 104 valence electrons. The Kier molecular flexibility index (Phi) is 4.97. The molecule has 1 rings (SSSR count). The van der Waals surface area contributed by atoms with E-state index in [4.69, 9.17) is 0 Å². The van der Waals surface area contributed by atoms with E-state index in [9.17, 15) is 18.4 Å². The fourth-order valence-electron chi connectivity index (χ4n) is 1.47. The van der Waals surface area contributed by atoms with Crippen LogP contribution in [0.3, 0.4) is 0 Å². The van der Waals surface area contributed by atoms with Gasteiger partial charge in [0.15, 0.2) is 0 Å². The monoisotopic (exact) mass is 272 g/mol. The van der Waals surface area contributed by atoms with Crippen molar-refractivity contribution in [2.45, 2.75) is 25.9 Å². The third-order valence-electron chi connectivity index (χ3n) is 2.27. The first-order valence-electron chi connectivity index (χ1n) is 5.66. The molecule has 6 heteroatoms. The summed E-state index contributed by atoms with van der Waals surface area (Å²) in [5.74, 6) is -5.90. The van der Waals surface area contributed by atoms with Crippen molar-refractivity contribution in [2.75, 3.05) is 6.61 Å². The highest BCUT2D eigenvalue weighted by atomic mass is 19.3. The summed E-state index contributed by atoms with van der Waals surface area (Å²) in [6, 6.07) is 6.66. The third-order valence-corrected chi connectivity index (χ3v) is 2.27. The molecule has 0 unspecified atom stereocenters. The maximum atomic E-state index is 14.2. The van der Waals surface area contributed by atoms with Crippen LogP contribution >= 0.6 is 0 Å². The molecule has 1 atom stereocenters. The largest absolute Gasteiger partial charge is 0.463 e. The van der Waals surface area contributed by atoms with Gasteiger partial charge in [0.1, 0.15) is 0 Å². The highest BCUT2D eigenvalue weighted by molar-refractivity contribution is 5.80. The summed E-state index contributed by atoms with van der Waals surface area (Å²) in [6.45, 7) is 2.35. The Morgan fingerprint density at radius 3 is 2.32 bits per heavy atom. The third kappa shape index (κ3) is 3.74. The van der Waals surface area contributed by atoms with Crippen LogP contribution < -0.4 is 0 Å². The van der Waals surface area contributed by atoms with Crippen LogP contribution in [0.1, 0.15) is 19.4 Å². The van der Waals surface area contributed by atoms with E-state index in [1.54, 1.807) is 6.07 Å². The molecular weight excluding hydrogens is 258 g/mol. The Bertz CT molecular complexity index is 445. The molecule has 0 aliphatic carbocycles. The summed E-state index contributed by atoms with van der Waals surface area (Å²) in [7, 11) is 0. The average molecular weight is 272 g/mol. The zero-order chi connectivity index (χ0) is 14.5. The molecule has 0 bridgehead atoms. The molecule has 0 aliphatic heterocycles. The first-order chi connectivity index (χ1) is 8.89. The number of ether oxygens (including phenoxy) is 2. The number of rotatable bonds is 5. The number of hydrogen-bond acceptors (Lipinski definition) is 4. The summed E-state index contributed by atoms with van der Waals surface area (Å²) in [5.41, 5.74) is -0.422. The smallest absolute Gasteiger partial charge is 0.354 e. The lowest BCUT2D eigenvalue weighted by Gasteiger charge is -2.24. The summed E-state index contributed by atoms with van der Waals surface area (Å²) in [5, 5.41) is 0. The van der Waals surface area contributed by atoms with Gasteiger partial charge in [-0.3, -0.25) is 4.79 Å². The predicted octanol–water partition coefficient (Wildman–Crippen LogP) is 2.27. The number of carbonyl (C=O) groups is 2. The fourth-order valence-corrected chi connectivity index (χ4v) is 1.47. The number of benzene rings is 1. The molecule has 0 spiro atoms. The topological polar surface area (TPSA) is 52.6 Å². The van der Waals surface area contributed by atoms with Gasteiger partial charge in [0.25, 0.3) is 6.10 Å². The van der Waals surface area contributed by atoms with E-state index >= 15 is 0 Å². The van der Waals surface area contributed by atoms with Crippen molar-refractivity contribution in [1.29, 1.82) is 0 Å². The summed E-state index contributed by atoms with van der Waals surface area (Å²) in [4.78, 5) is 22.4. The first-order valence-corrected chi connectivity index (χ1v) is 5.66. The Hall–Kier alpha value is -1.98.